The van der Waals surface area contributed by atoms with E-state index in [1.54, 1.807) is 143 Å². The molecule has 0 aromatic heterocycles. The molecule has 15 heteroatoms. The van der Waals surface area contributed by atoms with Crippen molar-refractivity contribution < 1.29 is 38.4 Å². The molecule has 6 rings (SSSR count). The highest BCUT2D eigenvalue weighted by molar-refractivity contribution is 6.10. The maximum absolute atomic E-state index is 14.4. The first-order valence-corrected chi connectivity index (χ1v) is 32.9. The average Bonchev–Trinajstić information content (AvgIpc) is 2.55. The lowest BCUT2D eigenvalue weighted by Crippen LogP contribution is -2.32. The molecule has 2 N–H and O–H groups in total. The number of carbonyl (C=O) groups is 6. The van der Waals surface area contributed by atoms with Gasteiger partial charge in [-0.2, -0.15) is 0 Å². The van der Waals surface area contributed by atoms with Crippen LogP contribution in [0.2, 0.25) is 0 Å². The van der Waals surface area contributed by atoms with Gasteiger partial charge in [-0.3, -0.25) is 34.1 Å². The number of benzene rings is 6. The van der Waals surface area contributed by atoms with Crippen LogP contribution in [0.1, 0.15) is 244 Å². The Morgan fingerprint density at radius 2 is 0.607 bits per heavy atom. The van der Waals surface area contributed by atoms with Crippen molar-refractivity contribution in [2.75, 3.05) is 51.6 Å². The number of hydrogen-bond acceptors (Lipinski definition) is 9. The van der Waals surface area contributed by atoms with Gasteiger partial charge >= 0.3 is 5.97 Å². The van der Waals surface area contributed by atoms with Gasteiger partial charge in [-0.15, -0.1) is 0 Å². The summed E-state index contributed by atoms with van der Waals surface area (Å²) in [5.74, 6) is -1.84. The Morgan fingerprint density at radius 1 is 0.348 bits per heavy atom. The Kier molecular flexibility index (Phi) is 30.3. The molecule has 0 unspecified atom stereocenters. The van der Waals surface area contributed by atoms with Crippen LogP contribution in [0.4, 0.5) is 34.1 Å². The zero-order valence-corrected chi connectivity index (χ0v) is 53.1. The topological polar surface area (TPSA) is 189 Å². The van der Waals surface area contributed by atoms with Crippen molar-refractivity contribution in [2.45, 2.75) is 182 Å². The second-order valence-corrected chi connectivity index (χ2v) is 23.0. The Bertz CT molecular complexity index is 3130. The van der Waals surface area contributed by atoms with Crippen LogP contribution in [0.25, 0.3) is 0 Å². The van der Waals surface area contributed by atoms with E-state index in [0.717, 1.165) is 70.6 Å². The van der Waals surface area contributed by atoms with Gasteiger partial charge < -0.3 is 30.1 Å². The molecule has 0 radical (unpaired) electrons. The van der Waals surface area contributed by atoms with Crippen molar-refractivity contribution in [3.63, 3.8) is 0 Å². The summed E-state index contributed by atoms with van der Waals surface area (Å²) in [5.41, 5.74) is 5.20. The lowest BCUT2D eigenvalue weighted by atomic mass is 10.1. The minimum atomic E-state index is -0.495. The number of nitro groups is 1. The highest BCUT2D eigenvalue weighted by atomic mass is 16.6. The van der Waals surface area contributed by atoms with Gasteiger partial charge in [-0.25, -0.2) is 4.79 Å². The minimum Gasteiger partial charge on any atom is -0.462 e. The first-order valence-electron chi connectivity index (χ1n) is 32.9. The fourth-order valence-electron chi connectivity index (χ4n) is 10.8. The van der Waals surface area contributed by atoms with E-state index in [1.807, 2.05) is 0 Å². The summed E-state index contributed by atoms with van der Waals surface area (Å²) in [6, 6.07) is 39.9. The lowest BCUT2D eigenvalue weighted by molar-refractivity contribution is -0.384. The van der Waals surface area contributed by atoms with Gasteiger partial charge in [0.2, 0.25) is 0 Å². The van der Waals surface area contributed by atoms with Crippen molar-refractivity contribution in [1.82, 2.24) is 0 Å². The van der Waals surface area contributed by atoms with Crippen LogP contribution in [0.15, 0.2) is 146 Å². The summed E-state index contributed by atoms with van der Waals surface area (Å²) in [6.07, 6.45) is 26.6. The number of nitrogens with zero attached hydrogens (tertiary/aromatic N) is 4. The molecule has 0 aliphatic rings. The SMILES string of the molecule is CCCCCCCCCCN(C(=O)c1ccc(NC(=O)c2ccc(N(CCCCCCCCCC)C(=O)c3ccc([N+](=O)[O-])cc3)cc2)cc1)c1ccc(C(=O)Nc2ccc(C(=O)N(CCCCCCCCCC)c3ccc(C(=O)OCC)cc3)cc2)cc1. The molecule has 6 aromatic rings. The minimum absolute atomic E-state index is 0.0972. The second kappa shape index (κ2) is 38.7. The summed E-state index contributed by atoms with van der Waals surface area (Å²) in [4.78, 5) is 98.2. The number of ether oxygens (including phenoxy) is 1. The average molecular weight is 1210 g/mol. The highest BCUT2D eigenvalue weighted by Gasteiger charge is 2.23. The number of hydrogen-bond donors (Lipinski definition) is 2. The van der Waals surface area contributed by atoms with Gasteiger partial charge in [0.05, 0.1) is 17.1 Å². The van der Waals surface area contributed by atoms with Gasteiger partial charge in [-0.05, 0) is 160 Å². The summed E-state index contributed by atoms with van der Waals surface area (Å²) in [5, 5.41) is 17.2. The van der Waals surface area contributed by atoms with Crippen molar-refractivity contribution in [3.8, 4) is 0 Å². The van der Waals surface area contributed by atoms with E-state index in [9.17, 15) is 38.9 Å². The van der Waals surface area contributed by atoms with Crippen LogP contribution in [0.3, 0.4) is 0 Å². The van der Waals surface area contributed by atoms with Gasteiger partial charge in [0, 0.05) is 88.0 Å². The Labute approximate surface area is 528 Å². The smallest absolute Gasteiger partial charge is 0.338 e. The van der Waals surface area contributed by atoms with Gasteiger partial charge in [0.15, 0.2) is 0 Å². The van der Waals surface area contributed by atoms with E-state index < -0.39 is 10.9 Å². The standard InChI is InChI=1S/C74H94N6O9/c1-5-9-12-15-18-21-24-27-54-77(65-46-34-57(35-47-65)69(81)76-64-44-32-60(33-45-64)72(84)79(56-29-26-23-20-17-14-11-7-3)67-50-40-62(41-51-67)74(86)89-8-4)71(83)59-30-42-63(43-31-59)75-70(82)58-36-48-66(49-37-58)78(55-28-25-22-19-16-13-10-6-2)73(85)61-38-52-68(53-39-61)80(87)88/h30-53H,5-29,54-56H2,1-4H3,(H,75,82)(H,76,81). The van der Waals surface area contributed by atoms with Gasteiger partial charge in [0.25, 0.3) is 35.2 Å². The number of nitrogens with one attached hydrogen (secondary N) is 2. The first-order chi connectivity index (χ1) is 43.3. The molecule has 89 heavy (non-hydrogen) atoms. The van der Waals surface area contributed by atoms with Crippen molar-refractivity contribution >= 4 is 69.6 Å². The van der Waals surface area contributed by atoms with Gasteiger partial charge in [0.1, 0.15) is 0 Å². The fourth-order valence-corrected chi connectivity index (χ4v) is 10.8. The first kappa shape index (κ1) is 69.6. The predicted molar refractivity (Wildman–Crippen MR) is 360 cm³/mol. The molecule has 15 nitrogen and oxygen atoms in total. The van der Waals surface area contributed by atoms with Crippen molar-refractivity contribution in [2.24, 2.45) is 0 Å². The Balaban J connectivity index is 1.10. The predicted octanol–water partition coefficient (Wildman–Crippen LogP) is 18.6. The highest BCUT2D eigenvalue weighted by Crippen LogP contribution is 2.27. The monoisotopic (exact) mass is 1210 g/mol. The van der Waals surface area contributed by atoms with E-state index in [-0.39, 0.29) is 41.8 Å². The van der Waals surface area contributed by atoms with Gasteiger partial charge in [-0.1, -0.05) is 156 Å². The normalized spacial score (nSPS) is 11.0. The number of non-ortho nitro benzene ring substituents is 1. The number of anilines is 5. The molecule has 0 atom stereocenters. The number of carbonyl (C=O) groups excluding carboxylic acids is 6. The zero-order valence-electron chi connectivity index (χ0n) is 53.1. The maximum atomic E-state index is 14.4. The van der Waals surface area contributed by atoms with Crippen molar-refractivity contribution in [1.29, 1.82) is 0 Å². The number of nitro benzene ring substituents is 1. The van der Waals surface area contributed by atoms with E-state index in [1.165, 1.54) is 108 Å². The molecule has 6 aromatic carbocycles. The zero-order chi connectivity index (χ0) is 63.6. The molecule has 0 aliphatic heterocycles. The number of rotatable bonds is 40. The molecular formula is C74H94N6O9. The van der Waals surface area contributed by atoms with Crippen LogP contribution in [-0.4, -0.2) is 66.7 Å². The quantitative estimate of drug-likeness (QED) is 0.0163. The third-order valence-corrected chi connectivity index (χ3v) is 16.1. The van der Waals surface area contributed by atoms with Crippen LogP contribution in [-0.2, 0) is 4.74 Å². The molecule has 0 bridgehead atoms. The second-order valence-electron chi connectivity index (χ2n) is 23.0. The molecular weight excluding hydrogens is 1120 g/mol. The number of amides is 5. The van der Waals surface area contributed by atoms with E-state index in [0.29, 0.717) is 81.5 Å². The third kappa shape index (κ3) is 22.9. The van der Waals surface area contributed by atoms with Crippen molar-refractivity contribution in [3.05, 3.63) is 189 Å². The van der Waals surface area contributed by atoms with E-state index in [2.05, 4.69) is 31.4 Å². The maximum Gasteiger partial charge on any atom is 0.338 e. The van der Waals surface area contributed by atoms with E-state index >= 15 is 0 Å². The summed E-state index contributed by atoms with van der Waals surface area (Å²) >= 11 is 0. The fraction of sp³-hybridized carbons (Fsp3) is 0.432. The molecule has 474 valence electrons. The molecule has 0 aliphatic carbocycles. The summed E-state index contributed by atoms with van der Waals surface area (Å²) < 4.78 is 5.18. The molecule has 5 amide bonds. The van der Waals surface area contributed by atoms with Crippen LogP contribution >= 0.6 is 0 Å². The summed E-state index contributed by atoms with van der Waals surface area (Å²) in [7, 11) is 0. The van der Waals surface area contributed by atoms with Crippen LogP contribution in [0, 0.1) is 10.1 Å². The lowest BCUT2D eigenvalue weighted by Gasteiger charge is -2.24. The van der Waals surface area contributed by atoms with Crippen LogP contribution in [0.5, 0.6) is 0 Å². The molecule has 0 saturated carbocycles. The third-order valence-electron chi connectivity index (χ3n) is 16.1. The molecule has 0 fully saturated rings. The Hall–Kier alpha value is -8.46. The molecule has 0 saturated heterocycles. The Morgan fingerprint density at radius 3 is 0.888 bits per heavy atom. The molecule has 0 heterocycles. The number of unbranched alkanes of at least 4 members (excludes halogenated alkanes) is 21. The molecule has 0 spiro atoms. The largest absolute Gasteiger partial charge is 0.462 e. The van der Waals surface area contributed by atoms with E-state index in [4.69, 9.17) is 4.74 Å². The number of esters is 1. The summed E-state index contributed by atoms with van der Waals surface area (Å²) in [6.45, 7) is 10.1. The van der Waals surface area contributed by atoms with Crippen LogP contribution < -0.4 is 25.3 Å².